The van der Waals surface area contributed by atoms with Crippen molar-refractivity contribution in [1.29, 1.82) is 0 Å². The van der Waals surface area contributed by atoms with E-state index in [1.807, 2.05) is 54.8 Å². The Labute approximate surface area is 215 Å². The van der Waals surface area contributed by atoms with Gasteiger partial charge in [0.15, 0.2) is 0 Å². The molecule has 0 bridgehead atoms. The summed E-state index contributed by atoms with van der Waals surface area (Å²) in [5.74, 6) is -0.603. The number of carbonyl (C=O) groups excluding carboxylic acids is 1. The zero-order valence-electron chi connectivity index (χ0n) is 20.9. The fourth-order valence-electron chi connectivity index (χ4n) is 4.62. The number of amides is 1. The third-order valence-electron chi connectivity index (χ3n) is 6.47. The van der Waals surface area contributed by atoms with E-state index in [0.29, 0.717) is 11.3 Å². The third-order valence-corrected chi connectivity index (χ3v) is 6.47. The molecule has 5 rings (SSSR count). The first kappa shape index (κ1) is 24.0. The van der Waals surface area contributed by atoms with Crippen LogP contribution in [0.15, 0.2) is 102 Å². The number of aromatic nitrogens is 2. The number of para-hydroxylation sites is 1. The number of carbonyl (C=O) groups is 1. The van der Waals surface area contributed by atoms with Gasteiger partial charge in [0, 0.05) is 33.9 Å². The average molecular weight is 491 g/mol. The molecule has 0 aliphatic carbocycles. The first-order valence-electron chi connectivity index (χ1n) is 12.1. The number of hydrogen-bond acceptors (Lipinski definition) is 2. The number of benzene rings is 3. The normalized spacial score (nSPS) is 11.2. The summed E-state index contributed by atoms with van der Waals surface area (Å²) in [4.78, 5) is 12.7. The Morgan fingerprint density at radius 3 is 2.24 bits per heavy atom. The maximum atomic E-state index is 14.3. The second-order valence-electron chi connectivity index (χ2n) is 8.92. The van der Waals surface area contributed by atoms with Crippen LogP contribution >= 0.6 is 0 Å². The van der Waals surface area contributed by atoms with Crippen LogP contribution in [0.1, 0.15) is 33.0 Å². The fourth-order valence-corrected chi connectivity index (χ4v) is 4.62. The van der Waals surface area contributed by atoms with Crippen LogP contribution in [0.3, 0.4) is 0 Å². The number of halogens is 1. The molecule has 0 aliphatic rings. The summed E-state index contributed by atoms with van der Waals surface area (Å²) in [7, 11) is 0. The SMILES string of the molecule is Cc1ccc(-c2ccccc2)n1-c1ccc(C(=O)N/N=C/c2cc(C)n(-c3ccccc3F)c2C)cc1. The third kappa shape index (κ3) is 4.74. The van der Waals surface area contributed by atoms with Crippen LogP contribution in [-0.4, -0.2) is 21.3 Å². The highest BCUT2D eigenvalue weighted by Crippen LogP contribution is 2.26. The van der Waals surface area contributed by atoms with E-state index in [2.05, 4.69) is 46.3 Å². The number of rotatable bonds is 6. The van der Waals surface area contributed by atoms with E-state index in [1.54, 1.807) is 36.5 Å². The zero-order chi connectivity index (χ0) is 25.9. The summed E-state index contributed by atoms with van der Waals surface area (Å²) in [6.07, 6.45) is 1.58. The van der Waals surface area contributed by atoms with E-state index in [-0.39, 0.29) is 11.7 Å². The van der Waals surface area contributed by atoms with Crippen molar-refractivity contribution in [2.24, 2.45) is 5.10 Å². The molecule has 6 heteroatoms. The molecule has 0 aliphatic heterocycles. The molecule has 0 fully saturated rings. The lowest BCUT2D eigenvalue weighted by Crippen LogP contribution is -2.17. The number of aryl methyl sites for hydroxylation is 2. The van der Waals surface area contributed by atoms with Gasteiger partial charge in [-0.3, -0.25) is 4.79 Å². The monoisotopic (exact) mass is 490 g/mol. The molecule has 2 aromatic heterocycles. The van der Waals surface area contributed by atoms with Crippen LogP contribution in [0.5, 0.6) is 0 Å². The summed E-state index contributed by atoms with van der Waals surface area (Å²) < 4.78 is 18.3. The van der Waals surface area contributed by atoms with E-state index in [9.17, 15) is 9.18 Å². The highest BCUT2D eigenvalue weighted by atomic mass is 19.1. The van der Waals surface area contributed by atoms with Gasteiger partial charge in [-0.1, -0.05) is 42.5 Å². The van der Waals surface area contributed by atoms with Crippen LogP contribution in [0, 0.1) is 26.6 Å². The highest BCUT2D eigenvalue weighted by Gasteiger charge is 2.13. The van der Waals surface area contributed by atoms with Crippen LogP contribution in [0.2, 0.25) is 0 Å². The molecule has 5 nitrogen and oxygen atoms in total. The molecule has 2 heterocycles. The molecule has 5 aromatic rings. The van der Waals surface area contributed by atoms with Crippen molar-refractivity contribution in [2.75, 3.05) is 0 Å². The van der Waals surface area contributed by atoms with Crippen LogP contribution < -0.4 is 5.43 Å². The quantitative estimate of drug-likeness (QED) is 0.207. The van der Waals surface area contributed by atoms with Crippen molar-refractivity contribution in [3.8, 4) is 22.6 Å². The molecule has 37 heavy (non-hydrogen) atoms. The Morgan fingerprint density at radius 2 is 1.51 bits per heavy atom. The van der Waals surface area contributed by atoms with Gasteiger partial charge >= 0.3 is 0 Å². The van der Waals surface area contributed by atoms with E-state index in [0.717, 1.165) is 39.6 Å². The molecule has 0 saturated heterocycles. The Kier molecular flexibility index (Phi) is 6.56. The molecule has 1 N–H and O–H groups in total. The van der Waals surface area contributed by atoms with Crippen molar-refractivity contribution in [2.45, 2.75) is 20.8 Å². The Morgan fingerprint density at radius 1 is 0.811 bits per heavy atom. The van der Waals surface area contributed by atoms with Crippen molar-refractivity contribution >= 4 is 12.1 Å². The average Bonchev–Trinajstić information content (AvgIpc) is 3.43. The van der Waals surface area contributed by atoms with Gasteiger partial charge in [-0.05, 0) is 80.9 Å². The predicted octanol–water partition coefficient (Wildman–Crippen LogP) is 6.76. The zero-order valence-corrected chi connectivity index (χ0v) is 20.9. The molecule has 0 spiro atoms. The molecule has 0 radical (unpaired) electrons. The topological polar surface area (TPSA) is 51.3 Å². The second-order valence-corrected chi connectivity index (χ2v) is 8.92. The van der Waals surface area contributed by atoms with Gasteiger partial charge in [0.2, 0.25) is 0 Å². The molecular formula is C31H27FN4O. The summed E-state index contributed by atoms with van der Waals surface area (Å²) in [5, 5.41) is 4.15. The van der Waals surface area contributed by atoms with E-state index in [4.69, 9.17) is 0 Å². The van der Waals surface area contributed by atoms with Crippen LogP contribution in [0.25, 0.3) is 22.6 Å². The predicted molar refractivity (Wildman–Crippen MR) is 146 cm³/mol. The first-order chi connectivity index (χ1) is 17.9. The number of nitrogens with zero attached hydrogens (tertiary/aromatic N) is 3. The molecule has 3 aromatic carbocycles. The molecule has 0 unspecified atom stereocenters. The van der Waals surface area contributed by atoms with Gasteiger partial charge < -0.3 is 9.13 Å². The van der Waals surface area contributed by atoms with Crippen LogP contribution in [-0.2, 0) is 0 Å². The molecule has 184 valence electrons. The Bertz CT molecular complexity index is 1590. The second kappa shape index (κ2) is 10.1. The largest absolute Gasteiger partial charge is 0.315 e. The van der Waals surface area contributed by atoms with Crippen molar-refractivity contribution in [3.05, 3.63) is 131 Å². The smallest absolute Gasteiger partial charge is 0.271 e. The minimum atomic E-state index is -0.307. The summed E-state index contributed by atoms with van der Waals surface area (Å²) in [6.45, 7) is 5.87. The summed E-state index contributed by atoms with van der Waals surface area (Å²) >= 11 is 0. The molecular weight excluding hydrogens is 463 g/mol. The number of nitrogens with one attached hydrogen (secondary N) is 1. The summed E-state index contributed by atoms with van der Waals surface area (Å²) in [5.41, 5.74) is 10.4. The lowest BCUT2D eigenvalue weighted by Gasteiger charge is -2.12. The number of hydrazone groups is 1. The van der Waals surface area contributed by atoms with Gasteiger partial charge in [0.25, 0.3) is 5.91 Å². The molecule has 1 amide bonds. The van der Waals surface area contributed by atoms with Gasteiger partial charge in [-0.2, -0.15) is 5.10 Å². The maximum Gasteiger partial charge on any atom is 0.271 e. The van der Waals surface area contributed by atoms with Crippen LogP contribution in [0.4, 0.5) is 4.39 Å². The van der Waals surface area contributed by atoms with Crippen molar-refractivity contribution < 1.29 is 9.18 Å². The molecule has 0 saturated carbocycles. The van der Waals surface area contributed by atoms with Gasteiger partial charge in [0.1, 0.15) is 5.82 Å². The van der Waals surface area contributed by atoms with Gasteiger partial charge in [-0.25, -0.2) is 9.82 Å². The highest BCUT2D eigenvalue weighted by molar-refractivity contribution is 5.95. The first-order valence-corrected chi connectivity index (χ1v) is 12.1. The fraction of sp³-hybridized carbons (Fsp3) is 0.0968. The van der Waals surface area contributed by atoms with Gasteiger partial charge in [-0.15, -0.1) is 0 Å². The van der Waals surface area contributed by atoms with Gasteiger partial charge in [0.05, 0.1) is 17.6 Å². The summed E-state index contributed by atoms with van der Waals surface area (Å²) in [6, 6.07) is 30.4. The minimum absolute atomic E-state index is 0.296. The molecule has 0 atom stereocenters. The van der Waals surface area contributed by atoms with E-state index in [1.165, 1.54) is 6.07 Å². The lowest BCUT2D eigenvalue weighted by atomic mass is 10.1. The maximum absolute atomic E-state index is 14.3. The Balaban J connectivity index is 1.32. The van der Waals surface area contributed by atoms with E-state index < -0.39 is 0 Å². The lowest BCUT2D eigenvalue weighted by molar-refractivity contribution is 0.0955. The van der Waals surface area contributed by atoms with E-state index >= 15 is 0 Å². The minimum Gasteiger partial charge on any atom is -0.315 e. The van der Waals surface area contributed by atoms with Crippen molar-refractivity contribution in [3.63, 3.8) is 0 Å². The Hall–Kier alpha value is -4.71. The standard InChI is InChI=1S/C31H27FN4O/c1-21-13-18-29(24-9-5-4-6-10-24)36(21)27-16-14-25(15-17-27)31(37)34-33-20-26-19-22(2)35(23(26)3)30-12-8-7-11-28(30)32/h4-20H,1-3H3,(H,34,37)/b33-20+. The number of hydrogen-bond donors (Lipinski definition) is 1. The van der Waals surface area contributed by atoms with Crippen molar-refractivity contribution in [1.82, 2.24) is 14.6 Å².